The highest BCUT2D eigenvalue weighted by Gasteiger charge is 2.27. The SMILES string of the molecule is CCC(CC)(CN)NC(=O)c1ccc(C)cc1F. The topological polar surface area (TPSA) is 55.1 Å². The van der Waals surface area contributed by atoms with Crippen LogP contribution in [0.4, 0.5) is 4.39 Å². The van der Waals surface area contributed by atoms with Gasteiger partial charge < -0.3 is 11.1 Å². The summed E-state index contributed by atoms with van der Waals surface area (Å²) in [6.07, 6.45) is 1.44. The fourth-order valence-corrected chi connectivity index (χ4v) is 1.88. The molecule has 1 rings (SSSR count). The maximum absolute atomic E-state index is 13.7. The summed E-state index contributed by atoms with van der Waals surface area (Å²) in [5.41, 5.74) is 6.12. The molecular formula is C14H21FN2O. The molecule has 0 aliphatic heterocycles. The molecule has 18 heavy (non-hydrogen) atoms. The number of nitrogens with one attached hydrogen (secondary N) is 1. The molecule has 0 bridgehead atoms. The summed E-state index contributed by atoms with van der Waals surface area (Å²) in [7, 11) is 0. The summed E-state index contributed by atoms with van der Waals surface area (Å²) in [6, 6.07) is 4.59. The van der Waals surface area contributed by atoms with Crippen LogP contribution in [0.5, 0.6) is 0 Å². The maximum Gasteiger partial charge on any atom is 0.254 e. The predicted octanol–water partition coefficient (Wildman–Crippen LogP) is 2.38. The first kappa shape index (κ1) is 14.6. The van der Waals surface area contributed by atoms with E-state index < -0.39 is 17.3 Å². The van der Waals surface area contributed by atoms with Crippen molar-refractivity contribution in [1.82, 2.24) is 5.32 Å². The Balaban J connectivity index is 2.94. The molecule has 3 N–H and O–H groups in total. The van der Waals surface area contributed by atoms with Gasteiger partial charge in [0.2, 0.25) is 0 Å². The van der Waals surface area contributed by atoms with Crippen molar-refractivity contribution in [3.8, 4) is 0 Å². The second-order valence-electron chi connectivity index (χ2n) is 4.63. The van der Waals surface area contributed by atoms with Crippen molar-refractivity contribution in [2.45, 2.75) is 39.2 Å². The molecule has 100 valence electrons. The number of amides is 1. The molecule has 0 atom stereocenters. The standard InChI is InChI=1S/C14H21FN2O/c1-4-14(5-2,9-16)17-13(18)11-7-6-10(3)8-12(11)15/h6-8H,4-5,9,16H2,1-3H3,(H,17,18). The molecule has 0 aromatic heterocycles. The lowest BCUT2D eigenvalue weighted by atomic mass is 9.92. The number of hydrogen-bond donors (Lipinski definition) is 2. The summed E-state index contributed by atoms with van der Waals surface area (Å²) in [6.45, 7) is 6.05. The van der Waals surface area contributed by atoms with Crippen molar-refractivity contribution in [2.75, 3.05) is 6.54 Å². The molecule has 0 saturated heterocycles. The minimum atomic E-state index is -0.495. The normalized spacial score (nSPS) is 11.4. The van der Waals surface area contributed by atoms with E-state index in [9.17, 15) is 9.18 Å². The highest BCUT2D eigenvalue weighted by Crippen LogP contribution is 2.16. The fourth-order valence-electron chi connectivity index (χ4n) is 1.88. The molecule has 0 aliphatic carbocycles. The van der Waals surface area contributed by atoms with E-state index in [1.807, 2.05) is 13.8 Å². The molecule has 0 unspecified atom stereocenters. The van der Waals surface area contributed by atoms with E-state index in [1.54, 1.807) is 13.0 Å². The molecule has 0 aliphatic rings. The third kappa shape index (κ3) is 3.07. The largest absolute Gasteiger partial charge is 0.345 e. The van der Waals surface area contributed by atoms with Gasteiger partial charge in [0.15, 0.2) is 0 Å². The first-order valence-corrected chi connectivity index (χ1v) is 6.26. The Morgan fingerprint density at radius 3 is 2.44 bits per heavy atom. The number of carbonyl (C=O) groups is 1. The second-order valence-corrected chi connectivity index (χ2v) is 4.63. The van der Waals surface area contributed by atoms with Crippen LogP contribution >= 0.6 is 0 Å². The van der Waals surface area contributed by atoms with Gasteiger partial charge in [-0.15, -0.1) is 0 Å². The minimum absolute atomic E-state index is 0.0697. The highest BCUT2D eigenvalue weighted by atomic mass is 19.1. The monoisotopic (exact) mass is 252 g/mol. The summed E-state index contributed by atoms with van der Waals surface area (Å²) in [5, 5.41) is 2.85. The second kappa shape index (κ2) is 5.96. The third-order valence-electron chi connectivity index (χ3n) is 3.49. The van der Waals surface area contributed by atoms with Gasteiger partial charge in [-0.1, -0.05) is 19.9 Å². The Labute approximate surface area is 108 Å². The van der Waals surface area contributed by atoms with Crippen LogP contribution in [-0.4, -0.2) is 18.0 Å². The average Bonchev–Trinajstić information content (AvgIpc) is 2.36. The number of benzene rings is 1. The van der Waals surface area contributed by atoms with Crippen molar-refractivity contribution in [1.29, 1.82) is 0 Å². The lowest BCUT2D eigenvalue weighted by Gasteiger charge is -2.31. The summed E-state index contributed by atoms with van der Waals surface area (Å²) < 4.78 is 13.7. The predicted molar refractivity (Wildman–Crippen MR) is 71.0 cm³/mol. The zero-order valence-electron chi connectivity index (χ0n) is 11.2. The van der Waals surface area contributed by atoms with Crippen molar-refractivity contribution in [3.63, 3.8) is 0 Å². The number of carbonyl (C=O) groups excluding carboxylic acids is 1. The van der Waals surface area contributed by atoms with Gasteiger partial charge in [-0.3, -0.25) is 4.79 Å². The van der Waals surface area contributed by atoms with Crippen LogP contribution in [-0.2, 0) is 0 Å². The first-order valence-electron chi connectivity index (χ1n) is 6.26. The Morgan fingerprint density at radius 2 is 2.00 bits per heavy atom. The lowest BCUT2D eigenvalue weighted by molar-refractivity contribution is 0.0891. The van der Waals surface area contributed by atoms with Gasteiger partial charge in [-0.2, -0.15) is 0 Å². The van der Waals surface area contributed by atoms with Gasteiger partial charge in [0, 0.05) is 6.54 Å². The maximum atomic E-state index is 13.7. The van der Waals surface area contributed by atoms with Crippen molar-refractivity contribution >= 4 is 5.91 Å². The highest BCUT2D eigenvalue weighted by molar-refractivity contribution is 5.95. The molecular weight excluding hydrogens is 231 g/mol. The molecule has 3 nitrogen and oxygen atoms in total. The molecule has 0 fully saturated rings. The van der Waals surface area contributed by atoms with E-state index in [0.717, 1.165) is 18.4 Å². The van der Waals surface area contributed by atoms with Crippen molar-refractivity contribution < 1.29 is 9.18 Å². The van der Waals surface area contributed by atoms with Gasteiger partial charge in [0.25, 0.3) is 5.91 Å². The third-order valence-corrected chi connectivity index (χ3v) is 3.49. The molecule has 1 amide bonds. The summed E-state index contributed by atoms with van der Waals surface area (Å²) in [5.74, 6) is -0.896. The van der Waals surface area contributed by atoms with Crippen LogP contribution in [0.25, 0.3) is 0 Å². The van der Waals surface area contributed by atoms with Crippen LogP contribution in [0, 0.1) is 12.7 Å². The number of rotatable bonds is 5. The van der Waals surface area contributed by atoms with Gasteiger partial charge in [0.1, 0.15) is 5.82 Å². The number of halogens is 1. The molecule has 1 aromatic rings. The molecule has 4 heteroatoms. The van der Waals surface area contributed by atoms with E-state index in [1.165, 1.54) is 12.1 Å². The average molecular weight is 252 g/mol. The fraction of sp³-hybridized carbons (Fsp3) is 0.500. The van der Waals surface area contributed by atoms with E-state index in [-0.39, 0.29) is 5.56 Å². The van der Waals surface area contributed by atoms with Crippen LogP contribution in [0.1, 0.15) is 42.6 Å². The van der Waals surface area contributed by atoms with Gasteiger partial charge in [-0.05, 0) is 37.5 Å². The minimum Gasteiger partial charge on any atom is -0.345 e. The Morgan fingerprint density at radius 1 is 1.39 bits per heavy atom. The molecule has 0 saturated carbocycles. The lowest BCUT2D eigenvalue weighted by Crippen LogP contribution is -2.53. The zero-order valence-corrected chi connectivity index (χ0v) is 11.2. The quantitative estimate of drug-likeness (QED) is 0.845. The van der Waals surface area contributed by atoms with Gasteiger partial charge in [-0.25, -0.2) is 4.39 Å². The molecule has 0 radical (unpaired) electrons. The van der Waals surface area contributed by atoms with E-state index in [2.05, 4.69) is 5.32 Å². The summed E-state index contributed by atoms with van der Waals surface area (Å²) >= 11 is 0. The zero-order chi connectivity index (χ0) is 13.8. The van der Waals surface area contributed by atoms with E-state index in [0.29, 0.717) is 6.54 Å². The van der Waals surface area contributed by atoms with Crippen LogP contribution in [0.2, 0.25) is 0 Å². The van der Waals surface area contributed by atoms with Crippen molar-refractivity contribution in [2.24, 2.45) is 5.73 Å². The Kier molecular flexibility index (Phi) is 4.84. The van der Waals surface area contributed by atoms with Gasteiger partial charge >= 0.3 is 0 Å². The Bertz CT molecular complexity index is 420. The molecule has 1 aromatic carbocycles. The van der Waals surface area contributed by atoms with E-state index >= 15 is 0 Å². The Hall–Kier alpha value is -1.42. The number of aryl methyl sites for hydroxylation is 1. The van der Waals surface area contributed by atoms with Crippen LogP contribution in [0.3, 0.4) is 0 Å². The number of nitrogens with two attached hydrogens (primary N) is 1. The van der Waals surface area contributed by atoms with E-state index in [4.69, 9.17) is 5.73 Å². The first-order chi connectivity index (χ1) is 8.48. The number of hydrogen-bond acceptors (Lipinski definition) is 2. The summed E-state index contributed by atoms with van der Waals surface area (Å²) in [4.78, 5) is 12.1. The molecule has 0 spiro atoms. The van der Waals surface area contributed by atoms with Crippen LogP contribution < -0.4 is 11.1 Å². The van der Waals surface area contributed by atoms with Crippen molar-refractivity contribution in [3.05, 3.63) is 35.1 Å². The van der Waals surface area contributed by atoms with Gasteiger partial charge in [0.05, 0.1) is 11.1 Å². The van der Waals surface area contributed by atoms with Crippen LogP contribution in [0.15, 0.2) is 18.2 Å². The smallest absolute Gasteiger partial charge is 0.254 e. The molecule has 0 heterocycles.